The molecule has 0 atom stereocenters. The van der Waals surface area contributed by atoms with E-state index in [1.165, 1.54) is 5.69 Å². The first-order chi connectivity index (χ1) is 12.6. The van der Waals surface area contributed by atoms with Gasteiger partial charge in [0.2, 0.25) is 5.91 Å². The Morgan fingerprint density at radius 2 is 1.35 bits per heavy atom. The Bertz CT molecular complexity index is 739. The summed E-state index contributed by atoms with van der Waals surface area (Å²) < 4.78 is 0. The van der Waals surface area contributed by atoms with Crippen LogP contribution in [-0.4, -0.2) is 43.2 Å². The highest BCUT2D eigenvalue weighted by Crippen LogP contribution is 2.22. The fraction of sp³-hybridized carbons (Fsp3) is 0.300. The molecule has 0 aromatic heterocycles. The Labute approximate surface area is 153 Å². The lowest BCUT2D eigenvalue weighted by molar-refractivity contribution is -0.138. The van der Waals surface area contributed by atoms with Gasteiger partial charge in [0.1, 0.15) is 0 Å². The first-order valence-corrected chi connectivity index (χ1v) is 8.78. The van der Waals surface area contributed by atoms with Crippen molar-refractivity contribution < 1.29 is 14.7 Å². The number of carbonyl (C=O) groups excluding carboxylic acids is 1. The SMILES string of the molecule is O=C(O)CCC(=O)Nc1ccc(N2CCN(c3ccccc3)CC2)cc1. The molecule has 0 saturated carbocycles. The van der Waals surface area contributed by atoms with Crippen LogP contribution >= 0.6 is 0 Å². The highest BCUT2D eigenvalue weighted by Gasteiger charge is 2.17. The minimum absolute atomic E-state index is 0.0153. The molecule has 2 N–H and O–H groups in total. The topological polar surface area (TPSA) is 72.9 Å². The van der Waals surface area contributed by atoms with E-state index in [2.05, 4.69) is 39.4 Å². The molecule has 1 aliphatic rings. The highest BCUT2D eigenvalue weighted by atomic mass is 16.4. The normalized spacial score (nSPS) is 14.2. The molecular weight excluding hydrogens is 330 g/mol. The molecule has 2 aromatic carbocycles. The molecule has 0 aliphatic carbocycles. The number of nitrogens with zero attached hydrogens (tertiary/aromatic N) is 2. The number of benzene rings is 2. The van der Waals surface area contributed by atoms with Gasteiger partial charge in [-0.3, -0.25) is 9.59 Å². The summed E-state index contributed by atoms with van der Waals surface area (Å²) in [6, 6.07) is 18.1. The summed E-state index contributed by atoms with van der Waals surface area (Å²) in [4.78, 5) is 26.9. The molecule has 6 heteroatoms. The molecule has 0 radical (unpaired) electrons. The van der Waals surface area contributed by atoms with Crippen molar-refractivity contribution in [2.24, 2.45) is 0 Å². The average Bonchev–Trinajstić information content (AvgIpc) is 2.68. The lowest BCUT2D eigenvalue weighted by atomic mass is 10.2. The van der Waals surface area contributed by atoms with Gasteiger partial charge in [0.25, 0.3) is 0 Å². The minimum atomic E-state index is -0.967. The molecule has 2 aromatic rings. The monoisotopic (exact) mass is 353 g/mol. The largest absolute Gasteiger partial charge is 0.481 e. The second-order valence-electron chi connectivity index (χ2n) is 6.30. The molecule has 26 heavy (non-hydrogen) atoms. The number of carboxylic acids is 1. The molecule has 1 fully saturated rings. The summed E-state index contributed by atoms with van der Waals surface area (Å²) >= 11 is 0. The van der Waals surface area contributed by atoms with E-state index in [4.69, 9.17) is 5.11 Å². The molecule has 0 spiro atoms. The van der Waals surface area contributed by atoms with Gasteiger partial charge in [-0.05, 0) is 36.4 Å². The number of anilines is 3. The Morgan fingerprint density at radius 1 is 0.808 bits per heavy atom. The molecule has 1 aliphatic heterocycles. The molecule has 0 unspecified atom stereocenters. The average molecular weight is 353 g/mol. The van der Waals surface area contributed by atoms with Gasteiger partial charge in [-0.1, -0.05) is 18.2 Å². The number of nitrogens with one attached hydrogen (secondary N) is 1. The number of para-hydroxylation sites is 1. The van der Waals surface area contributed by atoms with Crippen molar-refractivity contribution in [3.8, 4) is 0 Å². The third kappa shape index (κ3) is 4.75. The number of carboxylic acid groups (broad SMARTS) is 1. The van der Waals surface area contributed by atoms with E-state index in [9.17, 15) is 9.59 Å². The van der Waals surface area contributed by atoms with Crippen LogP contribution in [0.1, 0.15) is 12.8 Å². The number of piperazine rings is 1. The Morgan fingerprint density at radius 3 is 1.88 bits per heavy atom. The summed E-state index contributed by atoms with van der Waals surface area (Å²) in [5.74, 6) is -1.25. The molecule has 3 rings (SSSR count). The van der Waals surface area contributed by atoms with E-state index >= 15 is 0 Å². The fourth-order valence-electron chi connectivity index (χ4n) is 3.06. The van der Waals surface area contributed by atoms with Gasteiger partial charge in [-0.25, -0.2) is 0 Å². The number of amides is 1. The van der Waals surface area contributed by atoms with Gasteiger partial charge in [0.05, 0.1) is 6.42 Å². The Hall–Kier alpha value is -3.02. The molecule has 0 bridgehead atoms. The first kappa shape index (κ1) is 17.8. The summed E-state index contributed by atoms with van der Waals surface area (Å²) in [5.41, 5.74) is 3.07. The van der Waals surface area contributed by atoms with E-state index in [0.29, 0.717) is 5.69 Å². The van der Waals surface area contributed by atoms with Crippen molar-refractivity contribution in [3.63, 3.8) is 0 Å². The van der Waals surface area contributed by atoms with Gasteiger partial charge in [-0.15, -0.1) is 0 Å². The molecule has 6 nitrogen and oxygen atoms in total. The predicted molar refractivity (Wildman–Crippen MR) is 103 cm³/mol. The van der Waals surface area contributed by atoms with Crippen LogP contribution in [0.5, 0.6) is 0 Å². The van der Waals surface area contributed by atoms with E-state index in [1.807, 2.05) is 30.3 Å². The van der Waals surface area contributed by atoms with Crippen molar-refractivity contribution in [2.45, 2.75) is 12.8 Å². The number of hydrogen-bond donors (Lipinski definition) is 2. The van der Waals surface area contributed by atoms with Gasteiger partial charge >= 0.3 is 5.97 Å². The number of carbonyl (C=O) groups is 2. The van der Waals surface area contributed by atoms with E-state index < -0.39 is 5.97 Å². The summed E-state index contributed by atoms with van der Waals surface area (Å²) in [6.45, 7) is 3.83. The van der Waals surface area contributed by atoms with Crippen LogP contribution in [0.3, 0.4) is 0 Å². The smallest absolute Gasteiger partial charge is 0.303 e. The van der Waals surface area contributed by atoms with Crippen molar-refractivity contribution in [1.29, 1.82) is 0 Å². The van der Waals surface area contributed by atoms with Crippen molar-refractivity contribution in [3.05, 3.63) is 54.6 Å². The fourth-order valence-corrected chi connectivity index (χ4v) is 3.06. The maximum atomic E-state index is 11.7. The van der Waals surface area contributed by atoms with Gasteiger partial charge < -0.3 is 20.2 Å². The number of aliphatic carboxylic acids is 1. The quantitative estimate of drug-likeness (QED) is 0.835. The van der Waals surface area contributed by atoms with Crippen LogP contribution in [0.25, 0.3) is 0 Å². The Balaban J connectivity index is 1.51. The molecular formula is C20H23N3O3. The van der Waals surface area contributed by atoms with Gasteiger partial charge in [-0.2, -0.15) is 0 Å². The third-order valence-corrected chi connectivity index (χ3v) is 4.48. The maximum Gasteiger partial charge on any atom is 0.303 e. The zero-order valence-electron chi connectivity index (χ0n) is 14.6. The van der Waals surface area contributed by atoms with Crippen molar-refractivity contribution in [1.82, 2.24) is 0 Å². The summed E-state index contributed by atoms with van der Waals surface area (Å²) in [6.07, 6.45) is -0.172. The predicted octanol–water partition coefficient (Wildman–Crippen LogP) is 2.82. The second-order valence-corrected chi connectivity index (χ2v) is 6.30. The minimum Gasteiger partial charge on any atom is -0.481 e. The zero-order chi connectivity index (χ0) is 18.4. The van der Waals surface area contributed by atoms with Crippen LogP contribution in [0.2, 0.25) is 0 Å². The zero-order valence-corrected chi connectivity index (χ0v) is 14.6. The molecule has 1 heterocycles. The van der Waals surface area contributed by atoms with E-state index in [1.54, 1.807) is 0 Å². The van der Waals surface area contributed by atoms with Crippen LogP contribution in [0, 0.1) is 0 Å². The highest BCUT2D eigenvalue weighted by molar-refractivity contribution is 5.92. The van der Waals surface area contributed by atoms with E-state index in [0.717, 1.165) is 31.9 Å². The molecule has 1 saturated heterocycles. The number of hydrogen-bond acceptors (Lipinski definition) is 4. The summed E-state index contributed by atoms with van der Waals surface area (Å²) in [7, 11) is 0. The van der Waals surface area contributed by atoms with Crippen molar-refractivity contribution in [2.75, 3.05) is 41.3 Å². The molecule has 136 valence electrons. The number of rotatable bonds is 6. The van der Waals surface area contributed by atoms with Crippen LogP contribution < -0.4 is 15.1 Å². The summed E-state index contributed by atoms with van der Waals surface area (Å²) in [5, 5.41) is 11.3. The first-order valence-electron chi connectivity index (χ1n) is 8.78. The van der Waals surface area contributed by atoms with Crippen LogP contribution in [0.15, 0.2) is 54.6 Å². The lowest BCUT2D eigenvalue weighted by Crippen LogP contribution is -2.46. The van der Waals surface area contributed by atoms with Crippen LogP contribution in [0.4, 0.5) is 17.1 Å². The lowest BCUT2D eigenvalue weighted by Gasteiger charge is -2.37. The van der Waals surface area contributed by atoms with Gasteiger partial charge in [0, 0.05) is 49.7 Å². The maximum absolute atomic E-state index is 11.7. The second kappa shape index (κ2) is 8.38. The third-order valence-electron chi connectivity index (χ3n) is 4.48. The standard InChI is InChI=1S/C20H23N3O3/c24-19(10-11-20(25)26)21-16-6-8-18(9-7-16)23-14-12-22(13-15-23)17-4-2-1-3-5-17/h1-9H,10-15H2,(H,21,24)(H,25,26). The van der Waals surface area contributed by atoms with E-state index in [-0.39, 0.29) is 18.7 Å². The van der Waals surface area contributed by atoms with Gasteiger partial charge in [0.15, 0.2) is 0 Å². The van der Waals surface area contributed by atoms with Crippen LogP contribution in [-0.2, 0) is 9.59 Å². The Kier molecular flexibility index (Phi) is 5.73. The van der Waals surface area contributed by atoms with Crippen molar-refractivity contribution >= 4 is 28.9 Å². The molecule has 1 amide bonds.